The molecular formula is C17H25N2O2+. The lowest BCUT2D eigenvalue weighted by molar-refractivity contribution is -0.694. The van der Waals surface area contributed by atoms with Gasteiger partial charge >= 0.3 is 0 Å². The van der Waals surface area contributed by atoms with E-state index in [0.29, 0.717) is 6.04 Å². The van der Waals surface area contributed by atoms with Crippen LogP contribution in [-0.2, 0) is 6.42 Å². The number of hydrazine groups is 1. The molecule has 1 atom stereocenters. The van der Waals surface area contributed by atoms with Crippen LogP contribution >= 0.6 is 0 Å². The lowest BCUT2D eigenvalue weighted by Gasteiger charge is -2.26. The van der Waals surface area contributed by atoms with Crippen molar-refractivity contribution in [1.82, 2.24) is 5.01 Å². The summed E-state index contributed by atoms with van der Waals surface area (Å²) in [5.41, 5.74) is 3.97. The Morgan fingerprint density at radius 2 is 1.90 bits per heavy atom. The quantitative estimate of drug-likeness (QED) is 0.799. The van der Waals surface area contributed by atoms with E-state index in [1.54, 1.807) is 14.2 Å². The number of nitrogens with zero attached hydrogens (tertiary/aromatic N) is 2. The minimum Gasteiger partial charge on any atom is -0.493 e. The molecule has 1 fully saturated rings. The van der Waals surface area contributed by atoms with Crippen molar-refractivity contribution in [2.24, 2.45) is 0 Å². The van der Waals surface area contributed by atoms with Crippen molar-refractivity contribution in [3.8, 4) is 11.5 Å². The Hall–Kier alpha value is -1.71. The summed E-state index contributed by atoms with van der Waals surface area (Å²) in [6, 6.07) is 4.89. The van der Waals surface area contributed by atoms with Gasteiger partial charge in [-0.1, -0.05) is 0 Å². The standard InChI is InChI=1S/C17H25N2O2/c1-12-6-5-8-18(12)19-9-7-14-10-16(20-3)17(21-4)11-15(14)13(19)2/h10-12H,5-9H2,1-4H3/q+1/t12-/m1/s1. The van der Waals surface area contributed by atoms with Crippen molar-refractivity contribution < 1.29 is 14.2 Å². The summed E-state index contributed by atoms with van der Waals surface area (Å²) in [5, 5.41) is 2.52. The molecule has 114 valence electrons. The van der Waals surface area contributed by atoms with Crippen LogP contribution in [0.15, 0.2) is 12.1 Å². The Labute approximate surface area is 126 Å². The average Bonchev–Trinajstić information content (AvgIpc) is 2.92. The third-order valence-corrected chi connectivity index (χ3v) is 4.81. The van der Waals surface area contributed by atoms with E-state index in [9.17, 15) is 0 Å². The topological polar surface area (TPSA) is 24.7 Å². The Morgan fingerprint density at radius 1 is 1.19 bits per heavy atom. The molecule has 0 spiro atoms. The van der Waals surface area contributed by atoms with Crippen LogP contribution in [0.4, 0.5) is 0 Å². The summed E-state index contributed by atoms with van der Waals surface area (Å²) in [6.07, 6.45) is 3.64. The molecule has 2 aliphatic rings. The van der Waals surface area contributed by atoms with Crippen LogP contribution in [-0.4, -0.2) is 48.8 Å². The summed E-state index contributed by atoms with van der Waals surface area (Å²) in [5.74, 6) is 1.64. The van der Waals surface area contributed by atoms with Crippen LogP contribution in [0.2, 0.25) is 0 Å². The van der Waals surface area contributed by atoms with Crippen LogP contribution in [0.3, 0.4) is 0 Å². The zero-order chi connectivity index (χ0) is 15.0. The number of hydrogen-bond donors (Lipinski definition) is 0. The Morgan fingerprint density at radius 3 is 2.52 bits per heavy atom. The molecule has 0 saturated carbocycles. The van der Waals surface area contributed by atoms with Crippen molar-refractivity contribution >= 4 is 5.71 Å². The predicted molar refractivity (Wildman–Crippen MR) is 83.6 cm³/mol. The fourth-order valence-corrected chi connectivity index (χ4v) is 3.60. The molecule has 0 aromatic heterocycles. The van der Waals surface area contributed by atoms with Crippen molar-refractivity contribution in [3.05, 3.63) is 23.3 Å². The first-order valence-electron chi connectivity index (χ1n) is 7.78. The molecule has 1 aromatic carbocycles. The summed E-state index contributed by atoms with van der Waals surface area (Å²) in [7, 11) is 3.39. The lowest BCUT2D eigenvalue weighted by Crippen LogP contribution is -2.44. The molecule has 2 aliphatic heterocycles. The Bertz CT molecular complexity index is 580. The number of fused-ring (bicyclic) bond motifs is 1. The lowest BCUT2D eigenvalue weighted by atomic mass is 9.97. The molecule has 3 rings (SSSR count). The highest BCUT2D eigenvalue weighted by Gasteiger charge is 2.33. The maximum Gasteiger partial charge on any atom is 0.210 e. The second kappa shape index (κ2) is 5.58. The van der Waals surface area contributed by atoms with Gasteiger partial charge in [-0.05, 0) is 37.5 Å². The van der Waals surface area contributed by atoms with Crippen LogP contribution in [0, 0.1) is 0 Å². The number of hydrazone groups is 1. The van der Waals surface area contributed by atoms with E-state index in [-0.39, 0.29) is 0 Å². The maximum atomic E-state index is 5.46. The Balaban J connectivity index is 2.04. The number of ether oxygens (including phenoxy) is 2. The SMILES string of the molecule is COc1cc2c(cc1OC)C(C)=[N+](N1CCC[C@H]1C)CC2. The smallest absolute Gasteiger partial charge is 0.210 e. The normalized spacial score (nSPS) is 21.5. The van der Waals surface area contributed by atoms with Gasteiger partial charge in [0.15, 0.2) is 18.0 Å². The molecule has 4 heteroatoms. The van der Waals surface area contributed by atoms with Gasteiger partial charge in [0.2, 0.25) is 5.71 Å². The maximum absolute atomic E-state index is 5.46. The highest BCUT2D eigenvalue weighted by atomic mass is 16.5. The number of hydrogen-bond acceptors (Lipinski definition) is 3. The number of methoxy groups -OCH3 is 2. The van der Waals surface area contributed by atoms with Gasteiger partial charge in [0.1, 0.15) is 0 Å². The van der Waals surface area contributed by atoms with Gasteiger partial charge in [-0.2, -0.15) is 5.01 Å². The molecule has 0 bridgehead atoms. The zero-order valence-electron chi connectivity index (χ0n) is 13.5. The van der Waals surface area contributed by atoms with Crippen molar-refractivity contribution in [2.75, 3.05) is 27.3 Å². The summed E-state index contributed by atoms with van der Waals surface area (Å²) in [4.78, 5) is 0. The fraction of sp³-hybridized carbons (Fsp3) is 0.588. The predicted octanol–water partition coefficient (Wildman–Crippen LogP) is 2.48. The molecular weight excluding hydrogens is 264 g/mol. The van der Waals surface area contributed by atoms with Gasteiger partial charge < -0.3 is 9.47 Å². The Kier molecular flexibility index (Phi) is 3.79. The third-order valence-electron chi connectivity index (χ3n) is 4.81. The fourth-order valence-electron chi connectivity index (χ4n) is 3.60. The highest BCUT2D eigenvalue weighted by Crippen LogP contribution is 2.33. The minimum absolute atomic E-state index is 0.640. The van der Waals surface area contributed by atoms with E-state index in [1.165, 1.54) is 36.2 Å². The summed E-state index contributed by atoms with van der Waals surface area (Å²) >= 11 is 0. The molecule has 0 amide bonds. The molecule has 4 nitrogen and oxygen atoms in total. The number of rotatable bonds is 3. The van der Waals surface area contributed by atoms with E-state index < -0.39 is 0 Å². The van der Waals surface area contributed by atoms with Gasteiger partial charge in [0.05, 0.1) is 32.4 Å². The van der Waals surface area contributed by atoms with Gasteiger partial charge in [0.25, 0.3) is 0 Å². The van der Waals surface area contributed by atoms with Gasteiger partial charge in [-0.3, -0.25) is 0 Å². The van der Waals surface area contributed by atoms with Gasteiger partial charge in [-0.25, -0.2) is 0 Å². The largest absolute Gasteiger partial charge is 0.493 e. The molecule has 21 heavy (non-hydrogen) atoms. The molecule has 0 unspecified atom stereocenters. The monoisotopic (exact) mass is 289 g/mol. The van der Waals surface area contributed by atoms with Crippen LogP contribution in [0.25, 0.3) is 0 Å². The zero-order valence-corrected chi connectivity index (χ0v) is 13.5. The van der Waals surface area contributed by atoms with Crippen molar-refractivity contribution in [3.63, 3.8) is 0 Å². The number of benzene rings is 1. The first-order chi connectivity index (χ1) is 10.2. The molecule has 0 N–H and O–H groups in total. The van der Waals surface area contributed by atoms with E-state index in [4.69, 9.17) is 9.47 Å². The molecule has 0 radical (unpaired) electrons. The van der Waals surface area contributed by atoms with Crippen LogP contribution < -0.4 is 9.47 Å². The second-order valence-corrected chi connectivity index (χ2v) is 5.98. The van der Waals surface area contributed by atoms with E-state index >= 15 is 0 Å². The van der Waals surface area contributed by atoms with Gasteiger partial charge in [-0.15, -0.1) is 4.68 Å². The minimum atomic E-state index is 0.640. The molecule has 1 aromatic rings. The van der Waals surface area contributed by atoms with E-state index in [1.807, 2.05) is 0 Å². The average molecular weight is 289 g/mol. The van der Waals surface area contributed by atoms with Crippen LogP contribution in [0.5, 0.6) is 11.5 Å². The van der Waals surface area contributed by atoms with Crippen molar-refractivity contribution in [2.45, 2.75) is 39.2 Å². The van der Waals surface area contributed by atoms with E-state index in [2.05, 4.69) is 35.7 Å². The molecule has 2 heterocycles. The summed E-state index contributed by atoms with van der Waals surface area (Å²) < 4.78 is 13.3. The molecule has 0 aliphatic carbocycles. The van der Waals surface area contributed by atoms with Gasteiger partial charge in [0, 0.05) is 13.3 Å². The van der Waals surface area contributed by atoms with Crippen molar-refractivity contribution in [1.29, 1.82) is 0 Å². The highest BCUT2D eigenvalue weighted by molar-refractivity contribution is 5.97. The second-order valence-electron chi connectivity index (χ2n) is 5.98. The first-order valence-corrected chi connectivity index (χ1v) is 7.78. The van der Waals surface area contributed by atoms with E-state index in [0.717, 1.165) is 24.5 Å². The molecule has 1 saturated heterocycles. The third kappa shape index (κ3) is 2.37. The summed E-state index contributed by atoms with van der Waals surface area (Å²) in [6.45, 7) is 6.76. The first kappa shape index (κ1) is 14.2. The van der Waals surface area contributed by atoms with Crippen LogP contribution in [0.1, 0.15) is 37.8 Å².